The van der Waals surface area contributed by atoms with Crippen molar-refractivity contribution < 1.29 is 14.1 Å². The van der Waals surface area contributed by atoms with E-state index in [1.807, 2.05) is 54.6 Å². The third-order valence-electron chi connectivity index (χ3n) is 3.85. The Bertz CT molecular complexity index is 836. The quantitative estimate of drug-likeness (QED) is 0.798. The molecule has 0 unspecified atom stereocenters. The van der Waals surface area contributed by atoms with Crippen LogP contribution in [-0.4, -0.2) is 22.2 Å². The van der Waals surface area contributed by atoms with Gasteiger partial charge in [0.05, 0.1) is 6.54 Å². The topological polar surface area (TPSA) is 77.3 Å². The standard InChI is InChI=1S/C18H15N3O3/c22-17(15-10-13-8-4-5-9-14(13)23-15)19-11-16-20-18(24-21-16)12-6-2-1-3-7-12/h1-9,15H,10-11H2,(H,19,22)/t15-/m1/s1. The highest BCUT2D eigenvalue weighted by Crippen LogP contribution is 2.28. The summed E-state index contributed by atoms with van der Waals surface area (Å²) in [5, 5.41) is 6.68. The van der Waals surface area contributed by atoms with Crippen molar-refractivity contribution >= 4 is 5.91 Å². The van der Waals surface area contributed by atoms with Crippen molar-refractivity contribution in [3.8, 4) is 17.2 Å². The van der Waals surface area contributed by atoms with Gasteiger partial charge < -0.3 is 14.6 Å². The molecule has 0 bridgehead atoms. The molecule has 0 spiro atoms. The van der Waals surface area contributed by atoms with E-state index in [0.717, 1.165) is 16.9 Å². The summed E-state index contributed by atoms with van der Waals surface area (Å²) in [6.07, 6.45) is 0.0617. The molecule has 0 saturated heterocycles. The van der Waals surface area contributed by atoms with E-state index in [1.54, 1.807) is 0 Å². The molecule has 6 nitrogen and oxygen atoms in total. The van der Waals surface area contributed by atoms with E-state index in [1.165, 1.54) is 0 Å². The second kappa shape index (κ2) is 6.16. The van der Waals surface area contributed by atoms with Gasteiger partial charge in [0.2, 0.25) is 0 Å². The van der Waals surface area contributed by atoms with Gasteiger partial charge in [0.15, 0.2) is 11.9 Å². The Kier molecular flexibility index (Phi) is 3.70. The summed E-state index contributed by atoms with van der Waals surface area (Å²) < 4.78 is 10.9. The normalized spacial score (nSPS) is 15.6. The molecule has 120 valence electrons. The van der Waals surface area contributed by atoms with Gasteiger partial charge in [0.25, 0.3) is 11.8 Å². The first-order chi connectivity index (χ1) is 11.8. The minimum Gasteiger partial charge on any atom is -0.480 e. The molecule has 1 atom stereocenters. The summed E-state index contributed by atoms with van der Waals surface area (Å²) in [6, 6.07) is 17.2. The number of amides is 1. The Morgan fingerprint density at radius 3 is 2.75 bits per heavy atom. The zero-order valence-corrected chi connectivity index (χ0v) is 12.8. The van der Waals surface area contributed by atoms with Crippen LogP contribution in [0.1, 0.15) is 11.4 Å². The molecule has 4 rings (SSSR count). The van der Waals surface area contributed by atoms with E-state index in [-0.39, 0.29) is 12.5 Å². The van der Waals surface area contributed by atoms with E-state index in [4.69, 9.17) is 9.26 Å². The molecule has 2 aromatic carbocycles. The minimum absolute atomic E-state index is 0.183. The molecular weight excluding hydrogens is 306 g/mol. The molecule has 1 aliphatic heterocycles. The number of ether oxygens (including phenoxy) is 1. The van der Waals surface area contributed by atoms with Crippen LogP contribution in [0.3, 0.4) is 0 Å². The zero-order chi connectivity index (χ0) is 16.4. The Labute approximate surface area is 138 Å². The average Bonchev–Trinajstić information content (AvgIpc) is 3.27. The van der Waals surface area contributed by atoms with Crippen LogP contribution in [0.25, 0.3) is 11.5 Å². The first kappa shape index (κ1) is 14.4. The molecule has 24 heavy (non-hydrogen) atoms. The first-order valence-corrected chi connectivity index (χ1v) is 7.70. The van der Waals surface area contributed by atoms with E-state index < -0.39 is 6.10 Å². The molecule has 3 aromatic rings. The van der Waals surface area contributed by atoms with E-state index in [9.17, 15) is 4.79 Å². The Morgan fingerprint density at radius 1 is 1.12 bits per heavy atom. The molecule has 2 heterocycles. The molecule has 1 amide bonds. The van der Waals surface area contributed by atoms with Gasteiger partial charge in [-0.15, -0.1) is 0 Å². The van der Waals surface area contributed by atoms with Crippen molar-refractivity contribution in [1.29, 1.82) is 0 Å². The predicted molar refractivity (Wildman–Crippen MR) is 86.1 cm³/mol. The number of carbonyl (C=O) groups is 1. The predicted octanol–water partition coefficient (Wildman–Crippen LogP) is 2.36. The number of para-hydroxylation sites is 1. The van der Waals surface area contributed by atoms with Crippen LogP contribution in [0.2, 0.25) is 0 Å². The number of rotatable bonds is 4. The molecule has 0 aliphatic carbocycles. The summed E-state index contributed by atoms with van der Waals surface area (Å²) >= 11 is 0. The summed E-state index contributed by atoms with van der Waals surface area (Å²) in [5.74, 6) is 1.45. The number of nitrogens with one attached hydrogen (secondary N) is 1. The van der Waals surface area contributed by atoms with Crippen LogP contribution in [-0.2, 0) is 17.8 Å². The van der Waals surface area contributed by atoms with E-state index >= 15 is 0 Å². The Morgan fingerprint density at radius 2 is 1.92 bits per heavy atom. The smallest absolute Gasteiger partial charge is 0.261 e. The fraction of sp³-hybridized carbons (Fsp3) is 0.167. The number of aromatic nitrogens is 2. The molecule has 0 radical (unpaired) electrons. The monoisotopic (exact) mass is 321 g/mol. The molecule has 0 fully saturated rings. The number of hydrogen-bond acceptors (Lipinski definition) is 5. The van der Waals surface area contributed by atoms with Crippen LogP contribution in [0.4, 0.5) is 0 Å². The van der Waals surface area contributed by atoms with Gasteiger partial charge in [-0.2, -0.15) is 4.98 Å². The summed E-state index contributed by atoms with van der Waals surface area (Å²) in [6.45, 7) is 0.200. The maximum absolute atomic E-state index is 12.2. The summed E-state index contributed by atoms with van der Waals surface area (Å²) in [4.78, 5) is 16.5. The fourth-order valence-corrected chi connectivity index (χ4v) is 2.63. The molecule has 1 aromatic heterocycles. The highest BCUT2D eigenvalue weighted by Gasteiger charge is 2.28. The fourth-order valence-electron chi connectivity index (χ4n) is 2.63. The van der Waals surface area contributed by atoms with Gasteiger partial charge in [0, 0.05) is 12.0 Å². The Hall–Kier alpha value is -3.15. The zero-order valence-electron chi connectivity index (χ0n) is 12.8. The van der Waals surface area contributed by atoms with Crippen molar-refractivity contribution in [3.05, 3.63) is 66.0 Å². The van der Waals surface area contributed by atoms with Gasteiger partial charge in [-0.1, -0.05) is 41.6 Å². The molecule has 6 heteroatoms. The number of benzene rings is 2. The number of fused-ring (bicyclic) bond motifs is 1. The van der Waals surface area contributed by atoms with E-state index in [0.29, 0.717) is 18.1 Å². The van der Waals surface area contributed by atoms with Crippen molar-refractivity contribution in [2.24, 2.45) is 0 Å². The van der Waals surface area contributed by atoms with Gasteiger partial charge in [-0.05, 0) is 23.8 Å². The Balaban J connectivity index is 1.36. The van der Waals surface area contributed by atoms with Crippen molar-refractivity contribution in [2.45, 2.75) is 19.1 Å². The van der Waals surface area contributed by atoms with Crippen LogP contribution in [0.5, 0.6) is 5.75 Å². The van der Waals surface area contributed by atoms with Gasteiger partial charge in [0.1, 0.15) is 5.75 Å². The summed E-state index contributed by atoms with van der Waals surface area (Å²) in [5.41, 5.74) is 1.89. The third-order valence-corrected chi connectivity index (χ3v) is 3.85. The van der Waals surface area contributed by atoms with Gasteiger partial charge in [-0.3, -0.25) is 4.79 Å². The van der Waals surface area contributed by atoms with E-state index in [2.05, 4.69) is 15.5 Å². The van der Waals surface area contributed by atoms with Crippen molar-refractivity contribution in [1.82, 2.24) is 15.5 Å². The molecule has 0 saturated carbocycles. The maximum atomic E-state index is 12.2. The van der Waals surface area contributed by atoms with Crippen LogP contribution < -0.4 is 10.1 Å². The maximum Gasteiger partial charge on any atom is 0.261 e. The average molecular weight is 321 g/mol. The highest BCUT2D eigenvalue weighted by atomic mass is 16.5. The van der Waals surface area contributed by atoms with Gasteiger partial charge >= 0.3 is 0 Å². The van der Waals surface area contributed by atoms with Crippen LogP contribution >= 0.6 is 0 Å². The lowest BCUT2D eigenvalue weighted by atomic mass is 10.1. The number of carbonyl (C=O) groups excluding carboxylic acids is 1. The lowest BCUT2D eigenvalue weighted by Gasteiger charge is -2.09. The first-order valence-electron chi connectivity index (χ1n) is 7.70. The third kappa shape index (κ3) is 2.86. The van der Waals surface area contributed by atoms with Crippen LogP contribution in [0.15, 0.2) is 59.1 Å². The molecule has 1 N–H and O–H groups in total. The molecule has 1 aliphatic rings. The highest BCUT2D eigenvalue weighted by molar-refractivity contribution is 5.82. The largest absolute Gasteiger partial charge is 0.480 e. The SMILES string of the molecule is O=C(NCc1noc(-c2ccccc2)n1)[C@H]1Cc2ccccc2O1. The van der Waals surface area contributed by atoms with Crippen molar-refractivity contribution in [2.75, 3.05) is 0 Å². The number of nitrogens with zero attached hydrogens (tertiary/aromatic N) is 2. The summed E-state index contributed by atoms with van der Waals surface area (Å²) in [7, 11) is 0. The van der Waals surface area contributed by atoms with Gasteiger partial charge in [-0.25, -0.2) is 0 Å². The van der Waals surface area contributed by atoms with Crippen molar-refractivity contribution in [3.63, 3.8) is 0 Å². The second-order valence-corrected chi connectivity index (χ2v) is 5.52. The molecular formula is C18H15N3O3. The second-order valence-electron chi connectivity index (χ2n) is 5.52. The lowest BCUT2D eigenvalue weighted by Crippen LogP contribution is -2.37. The lowest BCUT2D eigenvalue weighted by molar-refractivity contribution is -0.127. The number of hydrogen-bond donors (Lipinski definition) is 1. The van der Waals surface area contributed by atoms with Crippen LogP contribution in [0, 0.1) is 0 Å². The minimum atomic E-state index is -0.511.